The van der Waals surface area contributed by atoms with E-state index in [1.807, 2.05) is 42.6 Å². The standard InChI is InChI=1S/C23H21ClN4O3S/c1-31-16-3-5-19-20(10-16)32-23(26-19)27-22(30)14-8-21(29)28(12-14)7-6-13-11-25-18-4-2-15(24)9-17(13)18/h2-5,9-11,14,25H,6-8,12H2,1H3,(H,26,27,30)/t14-/m0/s1. The van der Waals surface area contributed by atoms with Crippen LogP contribution >= 0.6 is 22.9 Å². The molecule has 2 aromatic heterocycles. The highest BCUT2D eigenvalue weighted by Gasteiger charge is 2.34. The van der Waals surface area contributed by atoms with Crippen molar-refractivity contribution in [2.24, 2.45) is 5.92 Å². The Kier molecular flexibility index (Phi) is 5.48. The monoisotopic (exact) mass is 468 g/mol. The number of methoxy groups -OCH3 is 1. The van der Waals surface area contributed by atoms with Crippen LogP contribution in [0.15, 0.2) is 42.6 Å². The molecule has 2 amide bonds. The molecule has 1 aliphatic heterocycles. The first-order valence-corrected chi connectivity index (χ1v) is 11.5. The van der Waals surface area contributed by atoms with Crippen LogP contribution in [-0.4, -0.2) is 46.9 Å². The SMILES string of the molecule is COc1ccc2nc(NC(=O)[C@H]3CC(=O)N(CCc4c[nH]c5ccc(Cl)cc45)C3)sc2c1. The molecule has 32 heavy (non-hydrogen) atoms. The third kappa shape index (κ3) is 4.03. The third-order valence-electron chi connectivity index (χ3n) is 5.79. The van der Waals surface area contributed by atoms with Crippen LogP contribution in [0.1, 0.15) is 12.0 Å². The van der Waals surface area contributed by atoms with Crippen molar-refractivity contribution in [2.45, 2.75) is 12.8 Å². The molecule has 0 unspecified atom stereocenters. The first-order valence-electron chi connectivity index (χ1n) is 10.3. The molecule has 1 fully saturated rings. The zero-order valence-electron chi connectivity index (χ0n) is 17.4. The largest absolute Gasteiger partial charge is 0.497 e. The second-order valence-electron chi connectivity index (χ2n) is 7.84. The molecule has 0 radical (unpaired) electrons. The van der Waals surface area contributed by atoms with Gasteiger partial charge in [-0.3, -0.25) is 9.59 Å². The van der Waals surface area contributed by atoms with E-state index in [4.69, 9.17) is 16.3 Å². The van der Waals surface area contributed by atoms with E-state index in [0.717, 1.165) is 32.4 Å². The highest BCUT2D eigenvalue weighted by molar-refractivity contribution is 7.22. The van der Waals surface area contributed by atoms with Gasteiger partial charge in [-0.15, -0.1) is 0 Å². The molecule has 2 aromatic carbocycles. The number of amides is 2. The summed E-state index contributed by atoms with van der Waals surface area (Å²) in [6.45, 7) is 0.968. The van der Waals surface area contributed by atoms with Crippen molar-refractivity contribution in [1.82, 2.24) is 14.9 Å². The Labute approximate surface area is 193 Å². The van der Waals surface area contributed by atoms with Crippen LogP contribution in [0.25, 0.3) is 21.1 Å². The lowest BCUT2D eigenvalue weighted by molar-refractivity contribution is -0.128. The number of nitrogens with zero attached hydrogens (tertiary/aromatic N) is 2. The number of carbonyl (C=O) groups excluding carboxylic acids is 2. The van der Waals surface area contributed by atoms with Gasteiger partial charge in [-0.05, 0) is 48.4 Å². The summed E-state index contributed by atoms with van der Waals surface area (Å²) in [6, 6.07) is 11.3. The number of hydrogen-bond donors (Lipinski definition) is 2. The summed E-state index contributed by atoms with van der Waals surface area (Å²) in [5.74, 6) is 0.179. The number of thiazole rings is 1. The van der Waals surface area contributed by atoms with Gasteiger partial charge in [-0.1, -0.05) is 22.9 Å². The number of carbonyl (C=O) groups is 2. The molecule has 5 rings (SSSR count). The third-order valence-corrected chi connectivity index (χ3v) is 6.96. The Balaban J connectivity index is 1.22. The molecule has 4 aromatic rings. The number of fused-ring (bicyclic) bond motifs is 2. The Bertz CT molecular complexity index is 1330. The van der Waals surface area contributed by atoms with Crippen LogP contribution in [0, 0.1) is 5.92 Å². The topological polar surface area (TPSA) is 87.3 Å². The molecule has 1 saturated heterocycles. The number of H-pyrrole nitrogens is 1. The minimum Gasteiger partial charge on any atom is -0.497 e. The molecular weight excluding hydrogens is 448 g/mol. The number of nitrogens with one attached hydrogen (secondary N) is 2. The molecule has 0 aliphatic carbocycles. The quantitative estimate of drug-likeness (QED) is 0.437. The average molecular weight is 469 g/mol. The van der Waals surface area contributed by atoms with Crippen molar-refractivity contribution >= 4 is 61.0 Å². The number of benzene rings is 2. The predicted molar refractivity (Wildman–Crippen MR) is 127 cm³/mol. The van der Waals surface area contributed by atoms with Crippen molar-refractivity contribution in [3.63, 3.8) is 0 Å². The van der Waals surface area contributed by atoms with E-state index in [0.29, 0.717) is 29.7 Å². The van der Waals surface area contributed by atoms with Crippen molar-refractivity contribution < 1.29 is 14.3 Å². The summed E-state index contributed by atoms with van der Waals surface area (Å²) in [5.41, 5.74) is 2.92. The summed E-state index contributed by atoms with van der Waals surface area (Å²) in [6.07, 6.45) is 2.86. The average Bonchev–Trinajstić information content (AvgIpc) is 3.47. The van der Waals surface area contributed by atoms with Crippen LogP contribution in [-0.2, 0) is 16.0 Å². The molecule has 0 bridgehead atoms. The molecule has 9 heteroatoms. The van der Waals surface area contributed by atoms with E-state index in [1.54, 1.807) is 12.0 Å². The van der Waals surface area contributed by atoms with Crippen molar-refractivity contribution in [3.05, 3.63) is 53.2 Å². The van der Waals surface area contributed by atoms with E-state index in [-0.39, 0.29) is 24.2 Å². The maximum Gasteiger partial charge on any atom is 0.231 e. The van der Waals surface area contributed by atoms with E-state index in [1.165, 1.54) is 11.3 Å². The lowest BCUT2D eigenvalue weighted by Gasteiger charge is -2.16. The molecular formula is C23H21ClN4O3S. The Hall–Kier alpha value is -3.10. The summed E-state index contributed by atoms with van der Waals surface area (Å²) in [7, 11) is 1.61. The molecule has 3 heterocycles. The first-order chi connectivity index (χ1) is 15.5. The van der Waals surface area contributed by atoms with E-state index in [9.17, 15) is 9.59 Å². The van der Waals surface area contributed by atoms with Gasteiger partial charge < -0.3 is 19.9 Å². The summed E-state index contributed by atoms with van der Waals surface area (Å²) >= 11 is 7.52. The second-order valence-corrected chi connectivity index (χ2v) is 9.30. The number of anilines is 1. The Morgan fingerprint density at radius 2 is 2.22 bits per heavy atom. The minimum absolute atomic E-state index is 0.00272. The van der Waals surface area contributed by atoms with Crippen LogP contribution < -0.4 is 10.1 Å². The van der Waals surface area contributed by atoms with Crippen LogP contribution in [0.3, 0.4) is 0 Å². The van der Waals surface area contributed by atoms with Crippen molar-refractivity contribution in [2.75, 3.05) is 25.5 Å². The minimum atomic E-state index is -0.388. The number of rotatable bonds is 6. The van der Waals surface area contributed by atoms with Gasteiger partial charge in [0, 0.05) is 41.6 Å². The molecule has 2 N–H and O–H groups in total. The van der Waals surface area contributed by atoms with Crippen molar-refractivity contribution in [3.8, 4) is 5.75 Å². The molecule has 0 saturated carbocycles. The number of aromatic nitrogens is 2. The fourth-order valence-electron chi connectivity index (χ4n) is 4.07. The number of halogens is 1. The van der Waals surface area contributed by atoms with Gasteiger partial charge in [-0.25, -0.2) is 4.98 Å². The fourth-order valence-corrected chi connectivity index (χ4v) is 5.14. The second kappa shape index (κ2) is 8.44. The first kappa shape index (κ1) is 20.8. The number of ether oxygens (including phenoxy) is 1. The van der Waals surface area contributed by atoms with Crippen LogP contribution in [0.5, 0.6) is 5.75 Å². The molecule has 164 valence electrons. The Morgan fingerprint density at radius 1 is 1.34 bits per heavy atom. The number of aromatic amines is 1. The smallest absolute Gasteiger partial charge is 0.231 e. The van der Waals surface area contributed by atoms with E-state index < -0.39 is 0 Å². The van der Waals surface area contributed by atoms with Gasteiger partial charge in [0.2, 0.25) is 11.8 Å². The fraction of sp³-hybridized carbons (Fsp3) is 0.261. The lowest BCUT2D eigenvalue weighted by atomic mass is 10.1. The molecule has 7 nitrogen and oxygen atoms in total. The van der Waals surface area contributed by atoms with Gasteiger partial charge >= 0.3 is 0 Å². The van der Waals surface area contributed by atoms with Gasteiger partial charge in [-0.2, -0.15) is 0 Å². The summed E-state index contributed by atoms with van der Waals surface area (Å²) in [5, 5.41) is 5.15. The lowest BCUT2D eigenvalue weighted by Crippen LogP contribution is -2.29. The predicted octanol–water partition coefficient (Wildman–Crippen LogP) is 4.47. The summed E-state index contributed by atoms with van der Waals surface area (Å²) < 4.78 is 6.17. The molecule has 1 aliphatic rings. The Morgan fingerprint density at radius 3 is 3.06 bits per heavy atom. The molecule has 1 atom stereocenters. The van der Waals surface area contributed by atoms with Gasteiger partial charge in [0.05, 0.1) is 23.2 Å². The number of likely N-dealkylation sites (tertiary alicyclic amines) is 1. The zero-order valence-corrected chi connectivity index (χ0v) is 18.9. The van der Waals surface area contributed by atoms with Crippen LogP contribution in [0.4, 0.5) is 5.13 Å². The van der Waals surface area contributed by atoms with Crippen molar-refractivity contribution in [1.29, 1.82) is 0 Å². The highest BCUT2D eigenvalue weighted by atomic mass is 35.5. The maximum absolute atomic E-state index is 12.8. The maximum atomic E-state index is 12.8. The van der Waals surface area contributed by atoms with Gasteiger partial charge in [0.25, 0.3) is 0 Å². The van der Waals surface area contributed by atoms with Gasteiger partial charge in [0.15, 0.2) is 5.13 Å². The van der Waals surface area contributed by atoms with Gasteiger partial charge in [0.1, 0.15) is 5.75 Å². The van der Waals surface area contributed by atoms with E-state index in [2.05, 4.69) is 15.3 Å². The highest BCUT2D eigenvalue weighted by Crippen LogP contribution is 2.30. The number of hydrogen-bond acceptors (Lipinski definition) is 5. The van der Waals surface area contributed by atoms with Crippen LogP contribution in [0.2, 0.25) is 5.02 Å². The zero-order chi connectivity index (χ0) is 22.2. The molecule has 0 spiro atoms. The normalized spacial score (nSPS) is 16.2. The summed E-state index contributed by atoms with van der Waals surface area (Å²) in [4.78, 5) is 34.8. The van der Waals surface area contributed by atoms with E-state index >= 15 is 0 Å².